The van der Waals surface area contributed by atoms with Gasteiger partial charge in [0.25, 0.3) is 0 Å². The molecule has 0 heterocycles. The van der Waals surface area contributed by atoms with Crippen LogP contribution in [0.1, 0.15) is 22.8 Å². The van der Waals surface area contributed by atoms with Gasteiger partial charge in [0.2, 0.25) is 0 Å². The molecule has 0 aliphatic heterocycles. The van der Waals surface area contributed by atoms with Gasteiger partial charge in [-0.25, -0.2) is 4.79 Å². The predicted molar refractivity (Wildman–Crippen MR) is 54.3 cm³/mol. The van der Waals surface area contributed by atoms with Crippen LogP contribution < -0.4 is 4.74 Å². The second kappa shape index (κ2) is 4.33. The molecule has 0 atom stereocenters. The van der Waals surface area contributed by atoms with Crippen molar-refractivity contribution in [2.75, 3.05) is 7.11 Å². The number of rotatable bonds is 3. The third-order valence-corrected chi connectivity index (χ3v) is 2.23. The zero-order valence-electron chi connectivity index (χ0n) is 8.00. The van der Waals surface area contributed by atoms with E-state index < -0.39 is 5.97 Å². The van der Waals surface area contributed by atoms with Crippen LogP contribution in [0, 0.1) is 0 Å². The molecule has 0 spiro atoms. The highest BCUT2D eigenvalue weighted by atomic mass is 35.5. The third kappa shape index (κ3) is 1.99. The van der Waals surface area contributed by atoms with Crippen LogP contribution in [0.3, 0.4) is 0 Å². The van der Waals surface area contributed by atoms with E-state index in [1.165, 1.54) is 13.2 Å². The van der Waals surface area contributed by atoms with Gasteiger partial charge in [0.1, 0.15) is 5.75 Å². The Balaban J connectivity index is 3.31. The van der Waals surface area contributed by atoms with Crippen molar-refractivity contribution in [3.8, 4) is 5.75 Å². The average molecular weight is 215 g/mol. The van der Waals surface area contributed by atoms with Crippen molar-refractivity contribution >= 4 is 17.6 Å². The normalized spacial score (nSPS) is 9.93. The van der Waals surface area contributed by atoms with E-state index in [1.807, 2.05) is 6.92 Å². The number of aromatic carboxylic acids is 1. The number of carbonyl (C=O) groups is 1. The van der Waals surface area contributed by atoms with Crippen molar-refractivity contribution in [3.63, 3.8) is 0 Å². The fraction of sp³-hybridized carbons (Fsp3) is 0.300. The minimum Gasteiger partial charge on any atom is -0.495 e. The fourth-order valence-corrected chi connectivity index (χ4v) is 1.58. The molecule has 3 nitrogen and oxygen atoms in total. The van der Waals surface area contributed by atoms with Crippen LogP contribution in [0.25, 0.3) is 0 Å². The first-order chi connectivity index (χ1) is 6.60. The summed E-state index contributed by atoms with van der Waals surface area (Å²) in [5.74, 6) is -0.427. The van der Waals surface area contributed by atoms with Crippen LogP contribution in [0.4, 0.5) is 0 Å². The monoisotopic (exact) mass is 214 g/mol. The molecule has 1 aromatic rings. The van der Waals surface area contributed by atoms with Crippen LogP contribution in [0.15, 0.2) is 12.1 Å². The van der Waals surface area contributed by atoms with Gasteiger partial charge >= 0.3 is 5.97 Å². The second-order valence-corrected chi connectivity index (χ2v) is 3.22. The zero-order valence-corrected chi connectivity index (χ0v) is 8.76. The molecule has 76 valence electrons. The highest BCUT2D eigenvalue weighted by molar-refractivity contribution is 6.32. The lowest BCUT2D eigenvalue weighted by atomic mass is 10.1. The van der Waals surface area contributed by atoms with Gasteiger partial charge in [0.05, 0.1) is 17.7 Å². The standard InChI is InChI=1S/C10H11ClO3/c1-3-6-4-7(10(12)13)5-8(11)9(6)14-2/h4-5H,3H2,1-2H3,(H,12,13). The van der Waals surface area contributed by atoms with Gasteiger partial charge < -0.3 is 9.84 Å². The number of halogens is 1. The molecule has 4 heteroatoms. The summed E-state index contributed by atoms with van der Waals surface area (Å²) in [6.45, 7) is 1.92. The molecule has 1 aromatic carbocycles. The molecule has 0 aromatic heterocycles. The Morgan fingerprint density at radius 2 is 2.21 bits per heavy atom. The summed E-state index contributed by atoms with van der Waals surface area (Å²) >= 11 is 5.87. The Morgan fingerprint density at radius 3 is 2.64 bits per heavy atom. The third-order valence-electron chi connectivity index (χ3n) is 1.95. The number of methoxy groups -OCH3 is 1. The molecule has 0 aliphatic rings. The minimum absolute atomic E-state index is 0.188. The first kappa shape index (κ1) is 10.9. The number of carboxylic acids is 1. The highest BCUT2D eigenvalue weighted by Crippen LogP contribution is 2.30. The van der Waals surface area contributed by atoms with E-state index in [9.17, 15) is 4.79 Å². The number of ether oxygens (including phenoxy) is 1. The van der Waals surface area contributed by atoms with E-state index in [2.05, 4.69) is 0 Å². The van der Waals surface area contributed by atoms with Gasteiger partial charge in [0.15, 0.2) is 0 Å². The molecule has 1 rings (SSSR count). The minimum atomic E-state index is -0.982. The second-order valence-electron chi connectivity index (χ2n) is 2.81. The number of hydrogen-bond donors (Lipinski definition) is 1. The maximum Gasteiger partial charge on any atom is 0.335 e. The zero-order chi connectivity index (χ0) is 10.7. The van der Waals surface area contributed by atoms with Crippen molar-refractivity contribution in [1.82, 2.24) is 0 Å². The summed E-state index contributed by atoms with van der Waals surface area (Å²) in [6.07, 6.45) is 0.685. The lowest BCUT2D eigenvalue weighted by molar-refractivity contribution is 0.0696. The Hall–Kier alpha value is -1.22. The molecule has 0 saturated heterocycles. The van der Waals surface area contributed by atoms with Crippen LogP contribution in [-0.4, -0.2) is 18.2 Å². The Labute approximate surface area is 87.3 Å². The van der Waals surface area contributed by atoms with Gasteiger partial charge in [-0.3, -0.25) is 0 Å². The summed E-state index contributed by atoms with van der Waals surface area (Å²) in [7, 11) is 1.51. The first-order valence-corrected chi connectivity index (χ1v) is 4.57. The molecule has 14 heavy (non-hydrogen) atoms. The molecular formula is C10H11ClO3. The highest BCUT2D eigenvalue weighted by Gasteiger charge is 2.12. The van der Waals surface area contributed by atoms with E-state index in [-0.39, 0.29) is 5.56 Å². The molecule has 0 amide bonds. The van der Waals surface area contributed by atoms with E-state index in [0.717, 1.165) is 5.56 Å². The topological polar surface area (TPSA) is 46.5 Å². The lowest BCUT2D eigenvalue weighted by Crippen LogP contribution is -2.00. The van der Waals surface area contributed by atoms with Crippen molar-refractivity contribution in [2.24, 2.45) is 0 Å². The van der Waals surface area contributed by atoms with Crippen molar-refractivity contribution in [3.05, 3.63) is 28.3 Å². The summed E-state index contributed by atoms with van der Waals surface area (Å²) in [4.78, 5) is 10.7. The smallest absolute Gasteiger partial charge is 0.335 e. The van der Waals surface area contributed by atoms with Crippen LogP contribution in [-0.2, 0) is 6.42 Å². The SMILES string of the molecule is CCc1cc(C(=O)O)cc(Cl)c1OC. The van der Waals surface area contributed by atoms with Crippen LogP contribution in [0.2, 0.25) is 5.02 Å². The molecule has 0 unspecified atom stereocenters. The molecule has 0 saturated carbocycles. The summed E-state index contributed by atoms with van der Waals surface area (Å²) in [5, 5.41) is 9.13. The summed E-state index contributed by atoms with van der Waals surface area (Å²) in [6, 6.07) is 2.97. The number of carboxylic acid groups (broad SMARTS) is 1. The van der Waals surface area contributed by atoms with Crippen LogP contribution >= 0.6 is 11.6 Å². The lowest BCUT2D eigenvalue weighted by Gasteiger charge is -2.09. The van der Waals surface area contributed by atoms with Gasteiger partial charge in [-0.1, -0.05) is 18.5 Å². The molecule has 0 bridgehead atoms. The van der Waals surface area contributed by atoms with Gasteiger partial charge in [-0.15, -0.1) is 0 Å². The maximum absolute atomic E-state index is 10.7. The fourth-order valence-electron chi connectivity index (χ4n) is 1.27. The van der Waals surface area contributed by atoms with Gasteiger partial charge in [-0.05, 0) is 24.1 Å². The van der Waals surface area contributed by atoms with Crippen molar-refractivity contribution < 1.29 is 14.6 Å². The molecule has 0 radical (unpaired) electrons. The summed E-state index contributed by atoms with van der Waals surface area (Å²) in [5.41, 5.74) is 0.991. The Bertz CT molecular complexity index is 361. The Morgan fingerprint density at radius 1 is 1.57 bits per heavy atom. The molecule has 0 fully saturated rings. The van der Waals surface area contributed by atoms with Crippen molar-refractivity contribution in [2.45, 2.75) is 13.3 Å². The summed E-state index contributed by atoms with van der Waals surface area (Å²) < 4.78 is 5.08. The molecule has 0 aliphatic carbocycles. The van der Waals surface area contributed by atoms with Crippen molar-refractivity contribution in [1.29, 1.82) is 0 Å². The average Bonchev–Trinajstić information content (AvgIpc) is 2.16. The van der Waals surface area contributed by atoms with E-state index in [0.29, 0.717) is 17.2 Å². The number of aryl methyl sites for hydroxylation is 1. The predicted octanol–water partition coefficient (Wildman–Crippen LogP) is 2.61. The van der Waals surface area contributed by atoms with Gasteiger partial charge in [-0.2, -0.15) is 0 Å². The molecular weight excluding hydrogens is 204 g/mol. The van der Waals surface area contributed by atoms with E-state index in [4.69, 9.17) is 21.4 Å². The van der Waals surface area contributed by atoms with Gasteiger partial charge in [0, 0.05) is 0 Å². The van der Waals surface area contributed by atoms with Crippen LogP contribution in [0.5, 0.6) is 5.75 Å². The number of benzene rings is 1. The quantitative estimate of drug-likeness (QED) is 0.842. The Kier molecular flexibility index (Phi) is 3.36. The van der Waals surface area contributed by atoms with E-state index >= 15 is 0 Å². The first-order valence-electron chi connectivity index (χ1n) is 4.19. The number of hydrogen-bond acceptors (Lipinski definition) is 2. The van der Waals surface area contributed by atoms with E-state index in [1.54, 1.807) is 6.07 Å². The largest absolute Gasteiger partial charge is 0.495 e. The molecule has 1 N–H and O–H groups in total. The maximum atomic E-state index is 10.7.